The van der Waals surface area contributed by atoms with Gasteiger partial charge in [0.15, 0.2) is 5.82 Å². The van der Waals surface area contributed by atoms with Crippen LogP contribution in [0.1, 0.15) is 12.8 Å². The van der Waals surface area contributed by atoms with Crippen molar-refractivity contribution in [3.8, 4) is 11.3 Å². The molecule has 0 spiro atoms. The van der Waals surface area contributed by atoms with E-state index in [4.69, 9.17) is 5.73 Å². The number of amides is 2. The number of carbonyl (C=O) groups excluding carboxylic acids is 1. The highest BCUT2D eigenvalue weighted by molar-refractivity contribution is 5.91. The van der Waals surface area contributed by atoms with Gasteiger partial charge in [0.2, 0.25) is 0 Å². The number of hydrogen-bond acceptors (Lipinski definition) is 4. The van der Waals surface area contributed by atoms with Gasteiger partial charge in [0.1, 0.15) is 0 Å². The Bertz CT molecular complexity index is 638. The Morgan fingerprint density at radius 2 is 1.86 bits per heavy atom. The number of rotatable bonds is 2. The molecule has 1 fully saturated rings. The summed E-state index contributed by atoms with van der Waals surface area (Å²) in [6.07, 6.45) is 5.51. The number of pyridine rings is 2. The molecule has 6 heteroatoms. The third kappa shape index (κ3) is 2.94. The van der Waals surface area contributed by atoms with E-state index in [9.17, 15) is 4.79 Å². The molecule has 1 aliphatic heterocycles. The first kappa shape index (κ1) is 13.4. The van der Waals surface area contributed by atoms with Crippen molar-refractivity contribution in [2.45, 2.75) is 12.8 Å². The molecule has 0 atom stereocenters. The Morgan fingerprint density at radius 3 is 2.57 bits per heavy atom. The number of hydrogen-bond donors (Lipinski definition) is 2. The van der Waals surface area contributed by atoms with Crippen molar-refractivity contribution in [1.82, 2.24) is 14.9 Å². The maximum atomic E-state index is 12.1. The first-order chi connectivity index (χ1) is 10.2. The largest absolute Gasteiger partial charge is 0.396 e. The minimum atomic E-state index is -0.140. The van der Waals surface area contributed by atoms with Crippen molar-refractivity contribution in [3.05, 3.63) is 36.7 Å². The minimum absolute atomic E-state index is 0.140. The van der Waals surface area contributed by atoms with E-state index in [1.807, 2.05) is 18.2 Å². The number of nitrogens with one attached hydrogen (secondary N) is 1. The van der Waals surface area contributed by atoms with E-state index in [1.54, 1.807) is 23.4 Å². The van der Waals surface area contributed by atoms with Crippen LogP contribution in [-0.2, 0) is 0 Å². The van der Waals surface area contributed by atoms with Crippen LogP contribution in [0.2, 0.25) is 0 Å². The molecule has 0 radical (unpaired) electrons. The topological polar surface area (TPSA) is 84.1 Å². The SMILES string of the molecule is Nc1ccc(-c2ccncc2)nc1NC(=O)N1CCCC1. The summed E-state index contributed by atoms with van der Waals surface area (Å²) in [4.78, 5) is 22.3. The van der Waals surface area contributed by atoms with Crippen LogP contribution in [0.4, 0.5) is 16.3 Å². The number of aromatic nitrogens is 2. The predicted octanol–water partition coefficient (Wildman–Crippen LogP) is 2.35. The molecule has 1 aliphatic rings. The number of nitrogens with two attached hydrogens (primary N) is 1. The van der Waals surface area contributed by atoms with E-state index in [2.05, 4.69) is 15.3 Å². The van der Waals surface area contributed by atoms with E-state index < -0.39 is 0 Å². The van der Waals surface area contributed by atoms with Gasteiger partial charge in [-0.25, -0.2) is 9.78 Å². The molecule has 3 rings (SSSR count). The Hall–Kier alpha value is -2.63. The molecule has 0 saturated carbocycles. The molecular weight excluding hydrogens is 266 g/mol. The Balaban J connectivity index is 1.83. The van der Waals surface area contributed by atoms with Crippen molar-refractivity contribution in [2.75, 3.05) is 24.1 Å². The van der Waals surface area contributed by atoms with E-state index >= 15 is 0 Å². The number of nitrogen functional groups attached to an aromatic ring is 1. The number of anilines is 2. The Morgan fingerprint density at radius 1 is 1.14 bits per heavy atom. The van der Waals surface area contributed by atoms with Crippen molar-refractivity contribution in [3.63, 3.8) is 0 Å². The summed E-state index contributed by atoms with van der Waals surface area (Å²) >= 11 is 0. The zero-order chi connectivity index (χ0) is 14.7. The van der Waals surface area contributed by atoms with Gasteiger partial charge in [0.25, 0.3) is 0 Å². The zero-order valence-corrected chi connectivity index (χ0v) is 11.6. The van der Waals surface area contributed by atoms with Gasteiger partial charge in [-0.05, 0) is 37.1 Å². The molecule has 0 aliphatic carbocycles. The second-order valence-electron chi connectivity index (χ2n) is 4.99. The van der Waals surface area contributed by atoms with E-state index in [0.29, 0.717) is 11.5 Å². The second kappa shape index (κ2) is 5.78. The molecule has 108 valence electrons. The number of urea groups is 1. The lowest BCUT2D eigenvalue weighted by Gasteiger charge is -2.17. The van der Waals surface area contributed by atoms with Gasteiger partial charge in [-0.15, -0.1) is 0 Å². The Labute approximate surface area is 123 Å². The zero-order valence-electron chi connectivity index (χ0n) is 11.6. The first-order valence-corrected chi connectivity index (χ1v) is 6.97. The normalized spacial score (nSPS) is 14.2. The molecule has 2 aromatic rings. The summed E-state index contributed by atoms with van der Waals surface area (Å²) in [5, 5.41) is 2.80. The lowest BCUT2D eigenvalue weighted by Crippen LogP contribution is -2.32. The average molecular weight is 283 g/mol. The molecule has 1 saturated heterocycles. The predicted molar refractivity (Wildman–Crippen MR) is 81.7 cm³/mol. The third-order valence-electron chi connectivity index (χ3n) is 3.52. The quantitative estimate of drug-likeness (QED) is 0.886. The third-order valence-corrected chi connectivity index (χ3v) is 3.52. The highest BCUT2D eigenvalue weighted by Crippen LogP contribution is 2.23. The molecular formula is C15H17N5O. The van der Waals surface area contributed by atoms with Gasteiger partial charge in [-0.3, -0.25) is 10.3 Å². The van der Waals surface area contributed by atoms with Gasteiger partial charge in [-0.2, -0.15) is 0 Å². The van der Waals surface area contributed by atoms with E-state index in [-0.39, 0.29) is 6.03 Å². The van der Waals surface area contributed by atoms with Crippen molar-refractivity contribution < 1.29 is 4.79 Å². The van der Waals surface area contributed by atoms with Crippen molar-refractivity contribution in [2.24, 2.45) is 0 Å². The number of nitrogens with zero attached hydrogens (tertiary/aromatic N) is 3. The molecule has 3 heterocycles. The van der Waals surface area contributed by atoms with Crippen LogP contribution in [0.15, 0.2) is 36.7 Å². The lowest BCUT2D eigenvalue weighted by molar-refractivity contribution is 0.222. The maximum absolute atomic E-state index is 12.1. The molecule has 2 aromatic heterocycles. The highest BCUT2D eigenvalue weighted by Gasteiger charge is 2.19. The van der Waals surface area contributed by atoms with E-state index in [0.717, 1.165) is 37.2 Å². The van der Waals surface area contributed by atoms with Crippen LogP contribution in [0, 0.1) is 0 Å². The van der Waals surface area contributed by atoms with Crippen LogP contribution in [0.3, 0.4) is 0 Å². The lowest BCUT2D eigenvalue weighted by atomic mass is 10.2. The summed E-state index contributed by atoms with van der Waals surface area (Å²) in [5.41, 5.74) is 8.05. The fourth-order valence-corrected chi connectivity index (χ4v) is 2.35. The highest BCUT2D eigenvalue weighted by atomic mass is 16.2. The number of carbonyl (C=O) groups is 1. The van der Waals surface area contributed by atoms with E-state index in [1.165, 1.54) is 0 Å². The summed E-state index contributed by atoms with van der Waals surface area (Å²) in [6, 6.07) is 7.17. The molecule has 3 N–H and O–H groups in total. The fraction of sp³-hybridized carbons (Fsp3) is 0.267. The second-order valence-corrected chi connectivity index (χ2v) is 4.99. The summed E-state index contributed by atoms with van der Waals surface area (Å²) in [6.45, 7) is 1.57. The Kier molecular flexibility index (Phi) is 3.68. The van der Waals surface area contributed by atoms with Crippen LogP contribution in [0.25, 0.3) is 11.3 Å². The molecule has 0 unspecified atom stereocenters. The van der Waals surface area contributed by atoms with Crippen LogP contribution < -0.4 is 11.1 Å². The molecule has 0 bridgehead atoms. The number of likely N-dealkylation sites (tertiary alicyclic amines) is 1. The van der Waals surface area contributed by atoms with Gasteiger partial charge in [0.05, 0.1) is 11.4 Å². The first-order valence-electron chi connectivity index (χ1n) is 6.97. The molecule has 21 heavy (non-hydrogen) atoms. The minimum Gasteiger partial charge on any atom is -0.396 e. The van der Waals surface area contributed by atoms with Gasteiger partial charge < -0.3 is 10.6 Å². The van der Waals surface area contributed by atoms with Gasteiger partial charge in [0, 0.05) is 31.0 Å². The average Bonchev–Trinajstić information content (AvgIpc) is 3.05. The maximum Gasteiger partial charge on any atom is 0.323 e. The summed E-state index contributed by atoms with van der Waals surface area (Å²) < 4.78 is 0. The van der Waals surface area contributed by atoms with Crippen molar-refractivity contribution in [1.29, 1.82) is 0 Å². The molecule has 6 nitrogen and oxygen atoms in total. The van der Waals surface area contributed by atoms with Crippen LogP contribution >= 0.6 is 0 Å². The smallest absolute Gasteiger partial charge is 0.323 e. The molecule has 0 aromatic carbocycles. The molecule has 2 amide bonds. The van der Waals surface area contributed by atoms with Crippen LogP contribution in [0.5, 0.6) is 0 Å². The standard InChI is InChI=1S/C15H17N5O/c16-12-3-4-13(11-5-7-17-8-6-11)18-14(12)19-15(21)20-9-1-2-10-20/h3-8H,1-2,9-10,16H2,(H,18,19,21). The summed E-state index contributed by atoms with van der Waals surface area (Å²) in [5.74, 6) is 0.404. The van der Waals surface area contributed by atoms with Gasteiger partial charge in [-0.1, -0.05) is 0 Å². The van der Waals surface area contributed by atoms with Gasteiger partial charge >= 0.3 is 6.03 Å². The fourth-order valence-electron chi connectivity index (χ4n) is 2.35. The monoisotopic (exact) mass is 283 g/mol. The van der Waals surface area contributed by atoms with Crippen LogP contribution in [-0.4, -0.2) is 34.0 Å². The van der Waals surface area contributed by atoms with Crippen molar-refractivity contribution >= 4 is 17.5 Å². The summed E-state index contributed by atoms with van der Waals surface area (Å²) in [7, 11) is 0.